The molecule has 221 valence electrons. The first-order valence-corrected chi connectivity index (χ1v) is 14.6. The lowest BCUT2D eigenvalue weighted by Gasteiger charge is -2.26. The molecule has 3 aromatic rings. The maximum absolute atomic E-state index is 18.0. The third-order valence-corrected chi connectivity index (χ3v) is 7.88. The minimum absolute atomic E-state index is 0. The molecule has 0 spiro atoms. The SMILES string of the molecule is O=C1CC=CC=C1Cc1cccc(C(F)(c2cccc(CC3=CC=CCC3=O)n2)c2cccc(CC3=CC=CCC3=O)n2)n1.[Al]. The summed E-state index contributed by atoms with van der Waals surface area (Å²) in [5, 5.41) is 0. The van der Waals surface area contributed by atoms with E-state index in [2.05, 4.69) is 0 Å². The molecule has 0 fully saturated rings. The molecule has 0 aliphatic heterocycles. The summed E-state index contributed by atoms with van der Waals surface area (Å²) in [5.74, 6) is 0.0355. The van der Waals surface area contributed by atoms with E-state index in [1.165, 1.54) is 0 Å². The van der Waals surface area contributed by atoms with Crippen molar-refractivity contribution in [2.24, 2.45) is 0 Å². The van der Waals surface area contributed by atoms with Gasteiger partial charge < -0.3 is 0 Å². The second-order valence-corrected chi connectivity index (χ2v) is 11.0. The molecule has 8 heteroatoms. The Morgan fingerprint density at radius 2 is 0.844 bits per heavy atom. The number of Topliss-reactive ketones (excluding diaryl/α,β-unsaturated/α-hetero) is 3. The van der Waals surface area contributed by atoms with Crippen LogP contribution < -0.4 is 0 Å². The molecule has 45 heavy (non-hydrogen) atoms. The first-order chi connectivity index (χ1) is 21.4. The van der Waals surface area contributed by atoms with Crippen molar-refractivity contribution in [3.8, 4) is 0 Å². The Labute approximate surface area is 272 Å². The molecule has 6 rings (SSSR count). The molecule has 0 bridgehead atoms. The fourth-order valence-electron chi connectivity index (χ4n) is 5.51. The fourth-order valence-corrected chi connectivity index (χ4v) is 5.51. The lowest BCUT2D eigenvalue weighted by molar-refractivity contribution is -0.115. The van der Waals surface area contributed by atoms with Crippen LogP contribution in [0.2, 0.25) is 0 Å². The average Bonchev–Trinajstić information content (AvgIpc) is 3.04. The molecule has 6 nitrogen and oxygen atoms in total. The van der Waals surface area contributed by atoms with E-state index in [1.807, 2.05) is 18.2 Å². The number of carbonyl (C=O) groups is 3. The van der Waals surface area contributed by atoms with Gasteiger partial charge in [0.2, 0.25) is 5.67 Å². The highest BCUT2D eigenvalue weighted by atomic mass is 27.0. The topological polar surface area (TPSA) is 89.9 Å². The Morgan fingerprint density at radius 1 is 0.533 bits per heavy atom. The first-order valence-electron chi connectivity index (χ1n) is 14.6. The number of allylic oxidation sites excluding steroid dienone is 12. The second-order valence-electron chi connectivity index (χ2n) is 11.0. The summed E-state index contributed by atoms with van der Waals surface area (Å²) in [6.45, 7) is 0. The monoisotopic (exact) mass is 610 g/mol. The van der Waals surface area contributed by atoms with Crippen LogP contribution in [0.3, 0.4) is 0 Å². The second kappa shape index (κ2) is 14.0. The Kier molecular flexibility index (Phi) is 9.87. The van der Waals surface area contributed by atoms with Crippen molar-refractivity contribution < 1.29 is 18.8 Å². The van der Waals surface area contributed by atoms with E-state index in [4.69, 9.17) is 15.0 Å². The quantitative estimate of drug-likeness (QED) is 0.287. The van der Waals surface area contributed by atoms with Crippen molar-refractivity contribution in [1.82, 2.24) is 15.0 Å². The molecule has 3 radical (unpaired) electrons. The zero-order valence-corrected chi connectivity index (χ0v) is 25.8. The highest BCUT2D eigenvalue weighted by Crippen LogP contribution is 2.38. The van der Waals surface area contributed by atoms with E-state index in [9.17, 15) is 14.4 Å². The average molecular weight is 611 g/mol. The van der Waals surface area contributed by atoms with Gasteiger partial charge in [-0.1, -0.05) is 72.9 Å². The predicted octanol–water partition coefficient (Wildman–Crippen LogP) is 5.75. The van der Waals surface area contributed by atoms with Crippen molar-refractivity contribution in [2.45, 2.75) is 44.2 Å². The normalized spacial score (nSPS) is 16.2. The van der Waals surface area contributed by atoms with Crippen LogP contribution >= 0.6 is 0 Å². The molecule has 0 unspecified atom stereocenters. The summed E-state index contributed by atoms with van der Waals surface area (Å²) >= 11 is 0. The van der Waals surface area contributed by atoms with Gasteiger partial charge in [-0.25, -0.2) is 4.39 Å². The van der Waals surface area contributed by atoms with E-state index >= 15 is 4.39 Å². The van der Waals surface area contributed by atoms with Gasteiger partial charge in [0.05, 0.1) is 17.1 Å². The summed E-state index contributed by atoms with van der Waals surface area (Å²) in [4.78, 5) is 51.6. The van der Waals surface area contributed by atoms with Gasteiger partial charge in [0.1, 0.15) is 0 Å². The van der Waals surface area contributed by atoms with Gasteiger partial charge in [-0.2, -0.15) is 0 Å². The largest absolute Gasteiger partial charge is 0.294 e. The molecular formula is C37H30AlFN3O3. The number of rotatable bonds is 9. The van der Waals surface area contributed by atoms with Crippen molar-refractivity contribution >= 4 is 34.7 Å². The molecule has 0 saturated carbocycles. The summed E-state index contributed by atoms with van der Waals surface area (Å²) in [5.41, 5.74) is 1.33. The van der Waals surface area contributed by atoms with Gasteiger partial charge in [-0.3, -0.25) is 29.3 Å². The highest BCUT2D eigenvalue weighted by molar-refractivity contribution is 5.99. The zero-order valence-electron chi connectivity index (χ0n) is 24.7. The van der Waals surface area contributed by atoms with E-state index in [1.54, 1.807) is 91.1 Å². The van der Waals surface area contributed by atoms with Crippen LogP contribution in [0.1, 0.15) is 53.4 Å². The molecule has 3 aromatic heterocycles. The Hall–Kier alpha value is -4.64. The van der Waals surface area contributed by atoms with Crippen molar-refractivity contribution in [3.05, 3.63) is 160 Å². The number of carbonyl (C=O) groups excluding carboxylic acids is 3. The molecule has 3 heterocycles. The Morgan fingerprint density at radius 3 is 1.13 bits per heavy atom. The number of halogens is 1. The van der Waals surface area contributed by atoms with E-state index < -0.39 is 5.67 Å². The van der Waals surface area contributed by atoms with Crippen LogP contribution in [0.4, 0.5) is 4.39 Å². The number of hydrogen-bond donors (Lipinski definition) is 0. The van der Waals surface area contributed by atoms with Gasteiger partial charge in [0.25, 0.3) is 0 Å². The lowest BCUT2D eigenvalue weighted by Crippen LogP contribution is -2.29. The van der Waals surface area contributed by atoms with Crippen LogP contribution in [0.25, 0.3) is 0 Å². The van der Waals surface area contributed by atoms with Crippen LogP contribution in [-0.4, -0.2) is 49.7 Å². The van der Waals surface area contributed by atoms with Crippen molar-refractivity contribution in [2.75, 3.05) is 0 Å². The first kappa shape index (κ1) is 31.8. The van der Waals surface area contributed by atoms with Gasteiger partial charge in [-0.15, -0.1) is 0 Å². The number of ketones is 3. The number of alkyl halides is 1. The smallest absolute Gasteiger partial charge is 0.236 e. The maximum Gasteiger partial charge on any atom is 0.236 e. The standard InChI is InChI=1S/C37H30FN3O3.Al/c38-37(34-19-7-13-28(39-34)22-25-10-1-4-16-31(25)42,35-20-8-14-29(40-35)23-26-11-2-5-17-32(26)43)36-21-9-15-30(41-36)24-27-12-3-6-18-33(27)44;/h1-15,19-21H,16-18,22-24H2;. The molecular weight excluding hydrogens is 580 g/mol. The number of aromatic nitrogens is 3. The van der Waals surface area contributed by atoms with Crippen molar-refractivity contribution in [1.29, 1.82) is 0 Å². The van der Waals surface area contributed by atoms with Crippen LogP contribution in [0.15, 0.2) is 126 Å². The van der Waals surface area contributed by atoms with Gasteiger partial charge in [0.15, 0.2) is 17.3 Å². The molecule has 0 atom stereocenters. The predicted molar refractivity (Wildman–Crippen MR) is 171 cm³/mol. The zero-order chi connectivity index (χ0) is 30.5. The molecule has 3 aliphatic carbocycles. The minimum atomic E-state index is -2.37. The number of nitrogens with zero attached hydrogens (tertiary/aromatic N) is 3. The summed E-state index contributed by atoms with van der Waals surface area (Å²) in [6, 6.07) is 15.3. The third kappa shape index (κ3) is 7.04. The fraction of sp³-hybridized carbons (Fsp3) is 0.189. The van der Waals surface area contributed by atoms with E-state index in [-0.39, 0.29) is 71.1 Å². The van der Waals surface area contributed by atoms with Crippen LogP contribution in [-0.2, 0) is 39.3 Å². The molecule has 0 saturated heterocycles. The molecule has 0 N–H and O–H groups in total. The lowest BCUT2D eigenvalue weighted by atomic mass is 9.90. The third-order valence-electron chi connectivity index (χ3n) is 7.88. The summed E-state index contributed by atoms with van der Waals surface area (Å²) < 4.78 is 18.0. The highest BCUT2D eigenvalue weighted by Gasteiger charge is 2.42. The maximum atomic E-state index is 18.0. The van der Waals surface area contributed by atoms with Gasteiger partial charge in [0, 0.05) is 89.7 Å². The summed E-state index contributed by atoms with van der Waals surface area (Å²) in [7, 11) is 0. The minimum Gasteiger partial charge on any atom is -0.294 e. The molecule has 0 aromatic carbocycles. The van der Waals surface area contributed by atoms with Crippen LogP contribution in [0, 0.1) is 0 Å². The Balaban J connectivity index is 0.00000400. The van der Waals surface area contributed by atoms with Gasteiger partial charge >= 0.3 is 0 Å². The van der Waals surface area contributed by atoms with E-state index in [0.717, 1.165) is 0 Å². The molecule has 3 aliphatic rings. The van der Waals surface area contributed by atoms with Crippen LogP contribution in [0.5, 0.6) is 0 Å². The van der Waals surface area contributed by atoms with Gasteiger partial charge in [-0.05, 0) is 36.4 Å². The van der Waals surface area contributed by atoms with E-state index in [0.29, 0.717) is 53.1 Å². The summed E-state index contributed by atoms with van der Waals surface area (Å²) in [6.07, 6.45) is 18.0. The molecule has 0 amide bonds. The Bertz CT molecular complexity index is 1640. The number of hydrogen-bond acceptors (Lipinski definition) is 6. The van der Waals surface area contributed by atoms with Crippen molar-refractivity contribution in [3.63, 3.8) is 0 Å². The number of pyridine rings is 3.